The Kier molecular flexibility index (Phi) is 3.53. The lowest BCUT2D eigenvalue weighted by Gasteiger charge is -2.06. The van der Waals surface area contributed by atoms with Gasteiger partial charge < -0.3 is 5.73 Å². The number of aromatic nitrogens is 5. The normalized spacial score (nSPS) is 11.0. The molecule has 2 aromatic rings. The third-order valence-corrected chi connectivity index (χ3v) is 2.85. The average Bonchev–Trinajstić information content (AvgIpc) is 2.89. The predicted octanol–water partition coefficient (Wildman–Crippen LogP) is 0.700. The molecule has 0 aliphatic rings. The maximum absolute atomic E-state index is 5.63. The van der Waals surface area contributed by atoms with Crippen LogP contribution in [0.1, 0.15) is 30.4 Å². The molecule has 2 aromatic heterocycles. The van der Waals surface area contributed by atoms with Crippen molar-refractivity contribution in [1.29, 1.82) is 0 Å². The minimum atomic E-state index is 0.521. The van der Waals surface area contributed by atoms with Crippen molar-refractivity contribution in [2.75, 3.05) is 0 Å². The summed E-state index contributed by atoms with van der Waals surface area (Å²) in [5, 5.41) is 8.52. The number of nitrogens with zero attached hydrogens (tertiary/aromatic N) is 5. The van der Waals surface area contributed by atoms with Crippen LogP contribution in [0.25, 0.3) is 0 Å². The second-order valence-corrected chi connectivity index (χ2v) is 4.02. The molecule has 0 saturated carbocycles. The molecular weight excluding hydrogens is 216 g/mol. The third-order valence-electron chi connectivity index (χ3n) is 2.85. The minimum Gasteiger partial charge on any atom is -0.326 e. The highest BCUT2D eigenvalue weighted by molar-refractivity contribution is 5.16. The molecule has 2 rings (SSSR count). The molecule has 6 heteroatoms. The molecule has 0 aliphatic carbocycles. The number of nitrogens with two attached hydrogens (primary N) is 1. The molecule has 0 unspecified atom stereocenters. The van der Waals surface area contributed by atoms with E-state index in [0.29, 0.717) is 13.1 Å². The molecule has 0 bridgehead atoms. The lowest BCUT2D eigenvalue weighted by atomic mass is 10.3. The Hall–Kier alpha value is -1.69. The van der Waals surface area contributed by atoms with Crippen LogP contribution in [0.2, 0.25) is 0 Å². The number of hydrogen-bond acceptors (Lipinski definition) is 4. The lowest BCUT2D eigenvalue weighted by molar-refractivity contribution is 0.534. The van der Waals surface area contributed by atoms with Crippen molar-refractivity contribution in [2.45, 2.75) is 39.9 Å². The first-order valence-corrected chi connectivity index (χ1v) is 5.84. The molecule has 6 nitrogen and oxygen atoms in total. The lowest BCUT2D eigenvalue weighted by Crippen LogP contribution is -2.12. The zero-order valence-corrected chi connectivity index (χ0v) is 10.3. The Bertz CT molecular complexity index is 484. The van der Waals surface area contributed by atoms with Gasteiger partial charge in [-0.15, -0.1) is 0 Å². The van der Waals surface area contributed by atoms with Gasteiger partial charge in [-0.05, 0) is 13.3 Å². The van der Waals surface area contributed by atoms with Crippen molar-refractivity contribution in [3.8, 4) is 0 Å². The largest absolute Gasteiger partial charge is 0.326 e. The van der Waals surface area contributed by atoms with Crippen molar-refractivity contribution in [2.24, 2.45) is 5.73 Å². The van der Waals surface area contributed by atoms with Crippen LogP contribution >= 0.6 is 0 Å². The average molecular weight is 234 g/mol. The van der Waals surface area contributed by atoms with Gasteiger partial charge in [0, 0.05) is 24.3 Å². The summed E-state index contributed by atoms with van der Waals surface area (Å²) in [5.41, 5.74) is 7.80. The monoisotopic (exact) mass is 234 g/mol. The van der Waals surface area contributed by atoms with Gasteiger partial charge in [-0.1, -0.05) is 6.92 Å². The molecule has 0 atom stereocenters. The molecule has 0 amide bonds. The molecule has 0 fully saturated rings. The van der Waals surface area contributed by atoms with Gasteiger partial charge in [-0.25, -0.2) is 9.67 Å². The Morgan fingerprint density at radius 2 is 2.12 bits per heavy atom. The summed E-state index contributed by atoms with van der Waals surface area (Å²) in [5.74, 6) is 0.932. The summed E-state index contributed by atoms with van der Waals surface area (Å²) in [4.78, 5) is 4.27. The second-order valence-electron chi connectivity index (χ2n) is 4.02. The van der Waals surface area contributed by atoms with Crippen LogP contribution in [0.5, 0.6) is 0 Å². The molecule has 0 spiro atoms. The Morgan fingerprint density at radius 1 is 1.29 bits per heavy atom. The van der Waals surface area contributed by atoms with Gasteiger partial charge in [0.2, 0.25) is 0 Å². The van der Waals surface area contributed by atoms with Crippen molar-refractivity contribution < 1.29 is 0 Å². The second kappa shape index (κ2) is 5.09. The van der Waals surface area contributed by atoms with E-state index in [2.05, 4.69) is 22.1 Å². The van der Waals surface area contributed by atoms with Crippen LogP contribution in [0.4, 0.5) is 0 Å². The van der Waals surface area contributed by atoms with E-state index in [0.717, 1.165) is 30.0 Å². The van der Waals surface area contributed by atoms with Gasteiger partial charge in [0.15, 0.2) is 0 Å². The molecule has 17 heavy (non-hydrogen) atoms. The maximum Gasteiger partial charge on any atom is 0.148 e. The maximum atomic E-state index is 5.63. The highest BCUT2D eigenvalue weighted by Gasteiger charge is 2.09. The molecule has 0 radical (unpaired) electrons. The summed E-state index contributed by atoms with van der Waals surface area (Å²) in [7, 11) is 0. The third kappa shape index (κ3) is 2.36. The van der Waals surface area contributed by atoms with Gasteiger partial charge in [-0.2, -0.15) is 10.2 Å². The van der Waals surface area contributed by atoms with E-state index in [1.165, 1.54) is 0 Å². The molecule has 92 valence electrons. The zero-order valence-electron chi connectivity index (χ0n) is 10.3. The van der Waals surface area contributed by atoms with E-state index in [9.17, 15) is 0 Å². The fourth-order valence-electron chi connectivity index (χ4n) is 1.79. The smallest absolute Gasteiger partial charge is 0.148 e. The fourth-order valence-corrected chi connectivity index (χ4v) is 1.79. The summed E-state index contributed by atoms with van der Waals surface area (Å²) in [6.07, 6.45) is 4.45. The summed E-state index contributed by atoms with van der Waals surface area (Å²) < 4.78 is 3.83. The van der Waals surface area contributed by atoms with Crippen LogP contribution in [-0.4, -0.2) is 24.5 Å². The zero-order chi connectivity index (χ0) is 12.3. The van der Waals surface area contributed by atoms with Gasteiger partial charge >= 0.3 is 0 Å². The number of rotatable bonds is 5. The van der Waals surface area contributed by atoms with Crippen LogP contribution in [0.3, 0.4) is 0 Å². The molecule has 0 aromatic carbocycles. The van der Waals surface area contributed by atoms with Gasteiger partial charge in [0.1, 0.15) is 18.7 Å². The molecule has 2 heterocycles. The first-order chi connectivity index (χ1) is 8.26. The molecule has 0 aliphatic heterocycles. The highest BCUT2D eigenvalue weighted by atomic mass is 15.4. The van der Waals surface area contributed by atoms with Crippen molar-refractivity contribution >= 4 is 0 Å². The van der Waals surface area contributed by atoms with E-state index >= 15 is 0 Å². The molecule has 0 saturated heterocycles. The van der Waals surface area contributed by atoms with Gasteiger partial charge in [0.05, 0.1) is 6.20 Å². The van der Waals surface area contributed by atoms with Crippen LogP contribution in [-0.2, 0) is 19.6 Å². The first-order valence-electron chi connectivity index (χ1n) is 5.84. The fraction of sp³-hybridized carbons (Fsp3) is 0.545. The standard InChI is InChI=1S/C11H18N6/c1-3-4-16-11(13-8-15-16)7-17-9(2)10(5-12)6-14-17/h6,8H,3-5,7,12H2,1-2H3. The molecule has 2 N–H and O–H groups in total. The van der Waals surface area contributed by atoms with Crippen LogP contribution < -0.4 is 5.73 Å². The van der Waals surface area contributed by atoms with Crippen molar-refractivity contribution in [3.63, 3.8) is 0 Å². The Morgan fingerprint density at radius 3 is 2.76 bits per heavy atom. The highest BCUT2D eigenvalue weighted by Crippen LogP contribution is 2.08. The topological polar surface area (TPSA) is 74.5 Å². The Labute approximate surface area is 100 Å². The van der Waals surface area contributed by atoms with E-state index in [4.69, 9.17) is 5.73 Å². The minimum absolute atomic E-state index is 0.521. The van der Waals surface area contributed by atoms with Gasteiger partial charge in [-0.3, -0.25) is 4.68 Å². The van der Waals surface area contributed by atoms with Crippen LogP contribution in [0.15, 0.2) is 12.5 Å². The summed E-state index contributed by atoms with van der Waals surface area (Å²) >= 11 is 0. The van der Waals surface area contributed by atoms with Gasteiger partial charge in [0.25, 0.3) is 0 Å². The molecular formula is C11H18N6. The SMILES string of the molecule is CCCn1ncnc1Cn1ncc(CN)c1C. The Balaban J connectivity index is 2.19. The summed E-state index contributed by atoms with van der Waals surface area (Å²) in [6, 6.07) is 0. The van der Waals surface area contributed by atoms with E-state index in [1.807, 2.05) is 22.5 Å². The summed E-state index contributed by atoms with van der Waals surface area (Å²) in [6.45, 7) is 6.20. The number of hydrogen-bond donors (Lipinski definition) is 1. The predicted molar refractivity (Wildman–Crippen MR) is 64.3 cm³/mol. The first kappa shape index (κ1) is 11.8. The van der Waals surface area contributed by atoms with E-state index in [-0.39, 0.29) is 0 Å². The number of aryl methyl sites for hydroxylation is 1. The van der Waals surface area contributed by atoms with Crippen molar-refractivity contribution in [1.82, 2.24) is 24.5 Å². The van der Waals surface area contributed by atoms with E-state index < -0.39 is 0 Å². The van der Waals surface area contributed by atoms with E-state index in [1.54, 1.807) is 6.33 Å². The quantitative estimate of drug-likeness (QED) is 0.826. The van der Waals surface area contributed by atoms with Crippen molar-refractivity contribution in [3.05, 3.63) is 29.6 Å². The van der Waals surface area contributed by atoms with Crippen LogP contribution in [0, 0.1) is 6.92 Å².